The first kappa shape index (κ1) is 16.7. The molecule has 1 heterocycles. The van der Waals surface area contributed by atoms with Crippen molar-refractivity contribution in [2.45, 2.75) is 11.1 Å². The number of fused-ring (bicyclic) bond motifs is 1. The van der Waals surface area contributed by atoms with Gasteiger partial charge in [-0.1, -0.05) is 18.2 Å². The number of halogens is 4. The van der Waals surface area contributed by atoms with Crippen molar-refractivity contribution < 1.29 is 21.6 Å². The van der Waals surface area contributed by atoms with E-state index in [9.17, 15) is 21.6 Å². The Morgan fingerprint density at radius 3 is 2.38 bits per heavy atom. The molecule has 0 amide bonds. The first-order chi connectivity index (χ1) is 11.2. The molecule has 0 aliphatic carbocycles. The number of rotatable bonds is 2. The zero-order chi connectivity index (χ0) is 17.5. The van der Waals surface area contributed by atoms with Crippen LogP contribution in [0.1, 0.15) is 5.56 Å². The van der Waals surface area contributed by atoms with E-state index in [0.29, 0.717) is 10.9 Å². The molecule has 0 saturated carbocycles. The van der Waals surface area contributed by atoms with Gasteiger partial charge in [-0.15, -0.1) is 0 Å². The average Bonchev–Trinajstić information content (AvgIpc) is 2.52. The predicted molar refractivity (Wildman–Crippen MR) is 85.2 cm³/mol. The van der Waals surface area contributed by atoms with E-state index >= 15 is 0 Å². The van der Waals surface area contributed by atoms with Crippen molar-refractivity contribution in [3.63, 3.8) is 0 Å². The third kappa shape index (κ3) is 3.22. The fourth-order valence-electron chi connectivity index (χ4n) is 2.39. The molecule has 8 heteroatoms. The zero-order valence-corrected chi connectivity index (χ0v) is 13.5. The molecule has 0 bridgehead atoms. The molecule has 3 rings (SSSR count). The number of pyridine rings is 1. The largest absolute Gasteiger partial charge is 0.417 e. The van der Waals surface area contributed by atoms with Crippen LogP contribution in [0.5, 0.6) is 0 Å². The summed E-state index contributed by atoms with van der Waals surface area (Å²) in [4.78, 5) is 3.96. The second-order valence-electron chi connectivity index (χ2n) is 5.06. The van der Waals surface area contributed by atoms with Gasteiger partial charge in [-0.2, -0.15) is 13.2 Å². The molecule has 0 aliphatic rings. The quantitative estimate of drug-likeness (QED) is 0.605. The summed E-state index contributed by atoms with van der Waals surface area (Å²) < 4.78 is 62.3. The highest BCUT2D eigenvalue weighted by Gasteiger charge is 2.33. The van der Waals surface area contributed by atoms with Gasteiger partial charge in [0.05, 0.1) is 16.0 Å². The van der Waals surface area contributed by atoms with Gasteiger partial charge in [0.25, 0.3) is 9.05 Å². The Kier molecular flexibility index (Phi) is 4.01. The zero-order valence-electron chi connectivity index (χ0n) is 11.9. The molecule has 0 fully saturated rings. The van der Waals surface area contributed by atoms with Crippen molar-refractivity contribution in [2.24, 2.45) is 0 Å². The van der Waals surface area contributed by atoms with Crippen LogP contribution in [0, 0.1) is 0 Å². The lowest BCUT2D eigenvalue weighted by Crippen LogP contribution is -2.06. The lowest BCUT2D eigenvalue weighted by molar-refractivity contribution is -0.137. The van der Waals surface area contributed by atoms with Crippen molar-refractivity contribution in [3.05, 3.63) is 60.3 Å². The normalized spacial score (nSPS) is 12.5. The topological polar surface area (TPSA) is 47.0 Å². The summed E-state index contributed by atoms with van der Waals surface area (Å²) in [5.74, 6) is 0. The van der Waals surface area contributed by atoms with Gasteiger partial charge in [-0.05, 0) is 35.9 Å². The number of nitrogens with zero attached hydrogens (tertiary/aromatic N) is 1. The average molecular weight is 372 g/mol. The fraction of sp³-hybridized carbons (Fsp3) is 0.0625. The van der Waals surface area contributed by atoms with Crippen LogP contribution in [-0.4, -0.2) is 13.4 Å². The third-order valence-electron chi connectivity index (χ3n) is 3.48. The van der Waals surface area contributed by atoms with E-state index in [-0.39, 0.29) is 16.0 Å². The summed E-state index contributed by atoms with van der Waals surface area (Å²) in [6, 6.07) is 10.6. The van der Waals surface area contributed by atoms with Gasteiger partial charge in [0.2, 0.25) is 0 Å². The summed E-state index contributed by atoms with van der Waals surface area (Å²) >= 11 is 0. The SMILES string of the molecule is O=S(=O)(Cl)c1ccc2ncc(-c3ccccc3C(F)(F)F)cc2c1. The van der Waals surface area contributed by atoms with E-state index in [2.05, 4.69) is 4.98 Å². The van der Waals surface area contributed by atoms with Crippen molar-refractivity contribution in [1.82, 2.24) is 4.98 Å². The highest BCUT2D eigenvalue weighted by atomic mass is 35.7. The maximum absolute atomic E-state index is 13.2. The molecule has 3 aromatic rings. The molecular weight excluding hydrogens is 363 g/mol. The molecule has 1 aromatic heterocycles. The van der Waals surface area contributed by atoms with Crippen molar-refractivity contribution in [1.29, 1.82) is 0 Å². The van der Waals surface area contributed by atoms with Crippen LogP contribution < -0.4 is 0 Å². The highest BCUT2D eigenvalue weighted by molar-refractivity contribution is 8.13. The Morgan fingerprint density at radius 1 is 1.00 bits per heavy atom. The van der Waals surface area contributed by atoms with Crippen molar-refractivity contribution >= 4 is 30.6 Å². The van der Waals surface area contributed by atoms with E-state index in [1.807, 2.05) is 0 Å². The summed E-state index contributed by atoms with van der Waals surface area (Å²) in [5.41, 5.74) is -0.127. The van der Waals surface area contributed by atoms with Crippen LogP contribution in [0.15, 0.2) is 59.6 Å². The van der Waals surface area contributed by atoms with Crippen LogP contribution in [0.25, 0.3) is 22.0 Å². The van der Waals surface area contributed by atoms with Crippen LogP contribution in [0.4, 0.5) is 13.2 Å². The number of alkyl halides is 3. The molecule has 0 atom stereocenters. The van der Waals surface area contributed by atoms with Gasteiger partial charge < -0.3 is 0 Å². The molecule has 0 spiro atoms. The Hall–Kier alpha value is -2.12. The highest BCUT2D eigenvalue weighted by Crippen LogP contribution is 2.37. The maximum atomic E-state index is 13.2. The van der Waals surface area contributed by atoms with Crippen LogP contribution in [-0.2, 0) is 15.2 Å². The Morgan fingerprint density at radius 2 is 1.71 bits per heavy atom. The first-order valence-electron chi connectivity index (χ1n) is 6.67. The van der Waals surface area contributed by atoms with E-state index in [4.69, 9.17) is 10.7 Å². The second kappa shape index (κ2) is 5.75. The third-order valence-corrected chi connectivity index (χ3v) is 4.83. The number of hydrogen-bond donors (Lipinski definition) is 0. The van der Waals surface area contributed by atoms with Crippen LogP contribution in [0.2, 0.25) is 0 Å². The second-order valence-corrected chi connectivity index (χ2v) is 7.63. The molecular formula is C16H9ClF3NO2S. The molecule has 124 valence electrons. The maximum Gasteiger partial charge on any atom is 0.417 e. The first-order valence-corrected chi connectivity index (χ1v) is 8.98. The van der Waals surface area contributed by atoms with E-state index in [1.165, 1.54) is 48.7 Å². The molecule has 0 unspecified atom stereocenters. The van der Waals surface area contributed by atoms with Gasteiger partial charge in [0.15, 0.2) is 0 Å². The summed E-state index contributed by atoms with van der Waals surface area (Å²) in [6.07, 6.45) is -3.19. The molecule has 0 saturated heterocycles. The van der Waals surface area contributed by atoms with Crippen molar-refractivity contribution in [3.8, 4) is 11.1 Å². The van der Waals surface area contributed by atoms with Gasteiger partial charge in [-0.3, -0.25) is 4.98 Å². The molecule has 2 aromatic carbocycles. The fourth-order valence-corrected chi connectivity index (χ4v) is 3.18. The minimum absolute atomic E-state index is 0.0291. The van der Waals surface area contributed by atoms with Crippen LogP contribution in [0.3, 0.4) is 0 Å². The Bertz CT molecular complexity index is 1030. The van der Waals surface area contributed by atoms with E-state index in [0.717, 1.165) is 6.07 Å². The molecule has 0 N–H and O–H groups in total. The standard InChI is InChI=1S/C16H9ClF3NO2S/c17-24(22,23)12-5-6-15-10(8-12)7-11(9-21-15)13-3-1-2-4-14(13)16(18,19)20/h1-9H. The van der Waals surface area contributed by atoms with Gasteiger partial charge >= 0.3 is 6.18 Å². The Labute approximate surface area is 140 Å². The summed E-state index contributed by atoms with van der Waals surface area (Å²) in [6.45, 7) is 0. The minimum atomic E-state index is -4.51. The van der Waals surface area contributed by atoms with Gasteiger partial charge in [0, 0.05) is 27.8 Å². The van der Waals surface area contributed by atoms with Crippen molar-refractivity contribution in [2.75, 3.05) is 0 Å². The lowest BCUT2D eigenvalue weighted by Gasteiger charge is -2.13. The number of benzene rings is 2. The Balaban J connectivity index is 2.22. The summed E-state index contributed by atoms with van der Waals surface area (Å²) in [5, 5.41) is 0.381. The van der Waals surface area contributed by atoms with Crippen LogP contribution >= 0.6 is 10.7 Å². The number of aromatic nitrogens is 1. The van der Waals surface area contributed by atoms with E-state index in [1.54, 1.807) is 0 Å². The minimum Gasteiger partial charge on any atom is -0.256 e. The molecule has 3 nitrogen and oxygen atoms in total. The molecule has 24 heavy (non-hydrogen) atoms. The number of hydrogen-bond acceptors (Lipinski definition) is 3. The smallest absolute Gasteiger partial charge is 0.256 e. The van der Waals surface area contributed by atoms with E-state index < -0.39 is 20.8 Å². The van der Waals surface area contributed by atoms with Gasteiger partial charge in [-0.25, -0.2) is 8.42 Å². The lowest BCUT2D eigenvalue weighted by atomic mass is 9.99. The molecule has 0 aliphatic heterocycles. The monoisotopic (exact) mass is 371 g/mol. The molecule has 0 radical (unpaired) electrons. The van der Waals surface area contributed by atoms with Gasteiger partial charge in [0.1, 0.15) is 0 Å². The predicted octanol–water partition coefficient (Wildman–Crippen LogP) is 4.85. The summed E-state index contributed by atoms with van der Waals surface area (Å²) in [7, 11) is 1.37.